The van der Waals surface area contributed by atoms with Gasteiger partial charge in [-0.2, -0.15) is 0 Å². The first-order chi connectivity index (χ1) is 9.81. The minimum absolute atomic E-state index is 0.0600. The molecule has 1 heterocycles. The van der Waals surface area contributed by atoms with E-state index in [2.05, 4.69) is 10.2 Å². The van der Waals surface area contributed by atoms with Gasteiger partial charge in [0.15, 0.2) is 0 Å². The fourth-order valence-corrected chi connectivity index (χ4v) is 3.56. The van der Waals surface area contributed by atoms with Crippen LogP contribution in [-0.4, -0.2) is 24.9 Å². The van der Waals surface area contributed by atoms with Gasteiger partial charge in [0, 0.05) is 5.02 Å². The fourth-order valence-electron chi connectivity index (χ4n) is 1.68. The third-order valence-corrected chi connectivity index (χ3v) is 5.08. The van der Waals surface area contributed by atoms with E-state index in [1.54, 1.807) is 0 Å². The smallest absolute Gasteiger partial charge is 0.232 e. The predicted octanol–water partition coefficient (Wildman–Crippen LogP) is 2.86. The molecule has 0 atom stereocenters. The van der Waals surface area contributed by atoms with E-state index < -0.39 is 15.8 Å². The molecule has 0 saturated heterocycles. The number of nitrogens with zero attached hydrogens (tertiary/aromatic N) is 3. The van der Waals surface area contributed by atoms with Crippen LogP contribution in [0.1, 0.15) is 16.9 Å². The lowest BCUT2D eigenvalue weighted by atomic mass is 10.3. The van der Waals surface area contributed by atoms with Gasteiger partial charge in [0.05, 0.1) is 18.5 Å². The van der Waals surface area contributed by atoms with Crippen LogP contribution in [-0.2, 0) is 23.0 Å². The molecule has 1 aromatic heterocycles. The normalized spacial score (nSPS) is 11.6. The van der Waals surface area contributed by atoms with Crippen LogP contribution in [0.3, 0.4) is 0 Å². The first kappa shape index (κ1) is 16.1. The van der Waals surface area contributed by atoms with Crippen molar-refractivity contribution < 1.29 is 12.8 Å². The zero-order chi connectivity index (χ0) is 15.6. The Morgan fingerprint density at radius 2 is 2.00 bits per heavy atom. The Balaban J connectivity index is 2.39. The van der Waals surface area contributed by atoms with Gasteiger partial charge >= 0.3 is 0 Å². The molecule has 0 N–H and O–H groups in total. The van der Waals surface area contributed by atoms with E-state index in [4.69, 9.17) is 11.6 Å². The molecule has 114 valence electrons. The van der Waals surface area contributed by atoms with E-state index in [0.29, 0.717) is 11.4 Å². The lowest BCUT2D eigenvalue weighted by molar-refractivity contribution is 0.589. The van der Waals surface area contributed by atoms with E-state index in [0.717, 1.165) is 21.6 Å². The average Bonchev–Trinajstić information content (AvgIpc) is 2.83. The number of aromatic nitrogens is 2. The van der Waals surface area contributed by atoms with Crippen molar-refractivity contribution in [3.8, 4) is 0 Å². The number of hydrogen-bond acceptors (Lipinski definition) is 5. The van der Waals surface area contributed by atoms with Gasteiger partial charge in [0.2, 0.25) is 10.0 Å². The van der Waals surface area contributed by atoms with Crippen LogP contribution in [0.15, 0.2) is 18.2 Å². The van der Waals surface area contributed by atoms with Crippen molar-refractivity contribution in [3.63, 3.8) is 0 Å². The monoisotopic (exact) mass is 349 g/mol. The molecular weight excluding hydrogens is 337 g/mol. The summed E-state index contributed by atoms with van der Waals surface area (Å²) in [4.78, 5) is 0. The van der Waals surface area contributed by atoms with Gasteiger partial charge in [-0.05, 0) is 24.6 Å². The van der Waals surface area contributed by atoms with Crippen LogP contribution in [0.4, 0.5) is 10.1 Å². The van der Waals surface area contributed by atoms with Crippen LogP contribution < -0.4 is 4.31 Å². The summed E-state index contributed by atoms with van der Waals surface area (Å²) in [5, 5.41) is 9.37. The van der Waals surface area contributed by atoms with Crippen molar-refractivity contribution >= 4 is 38.6 Å². The molecule has 0 unspecified atom stereocenters. The molecule has 0 aliphatic carbocycles. The molecule has 0 aliphatic heterocycles. The van der Waals surface area contributed by atoms with Gasteiger partial charge in [0.1, 0.15) is 15.8 Å². The SMILES string of the molecule is CCc1nnc(CN(c2ccc(Cl)cc2F)S(C)(=O)=O)s1. The molecule has 5 nitrogen and oxygen atoms in total. The van der Waals surface area contributed by atoms with Crippen LogP contribution in [0.25, 0.3) is 0 Å². The summed E-state index contributed by atoms with van der Waals surface area (Å²) < 4.78 is 38.8. The van der Waals surface area contributed by atoms with Crippen molar-refractivity contribution in [1.29, 1.82) is 0 Å². The minimum atomic E-state index is -3.66. The summed E-state index contributed by atoms with van der Waals surface area (Å²) >= 11 is 6.99. The molecule has 0 saturated carbocycles. The Morgan fingerprint density at radius 1 is 1.33 bits per heavy atom. The van der Waals surface area contributed by atoms with Gasteiger partial charge in [-0.25, -0.2) is 12.8 Å². The van der Waals surface area contributed by atoms with Gasteiger partial charge < -0.3 is 0 Å². The molecule has 9 heteroatoms. The molecular formula is C12H13ClFN3O2S2. The lowest BCUT2D eigenvalue weighted by Gasteiger charge is -2.21. The predicted molar refractivity (Wildman–Crippen MR) is 81.7 cm³/mol. The zero-order valence-electron chi connectivity index (χ0n) is 11.4. The fraction of sp³-hybridized carbons (Fsp3) is 0.333. The Bertz CT molecular complexity index is 749. The van der Waals surface area contributed by atoms with Crippen molar-refractivity contribution in [2.75, 3.05) is 10.6 Å². The highest BCUT2D eigenvalue weighted by molar-refractivity contribution is 7.92. The van der Waals surface area contributed by atoms with Gasteiger partial charge in [-0.3, -0.25) is 4.31 Å². The minimum Gasteiger partial charge on any atom is -0.261 e. The van der Waals surface area contributed by atoms with Gasteiger partial charge in [-0.1, -0.05) is 29.9 Å². The van der Waals surface area contributed by atoms with Crippen LogP contribution >= 0.6 is 22.9 Å². The summed E-state index contributed by atoms with van der Waals surface area (Å²) in [6.45, 7) is 1.87. The van der Waals surface area contributed by atoms with Crippen LogP contribution in [0.5, 0.6) is 0 Å². The maximum atomic E-state index is 14.0. The van der Waals surface area contributed by atoms with Crippen molar-refractivity contribution in [2.24, 2.45) is 0 Å². The molecule has 1 aromatic carbocycles. The van der Waals surface area contributed by atoms with E-state index >= 15 is 0 Å². The highest BCUT2D eigenvalue weighted by Crippen LogP contribution is 2.27. The number of anilines is 1. The number of sulfonamides is 1. The van der Waals surface area contributed by atoms with Gasteiger partial charge in [0.25, 0.3) is 0 Å². The van der Waals surface area contributed by atoms with E-state index in [9.17, 15) is 12.8 Å². The first-order valence-corrected chi connectivity index (χ1v) is 9.09. The molecule has 0 fully saturated rings. The largest absolute Gasteiger partial charge is 0.261 e. The second-order valence-corrected chi connectivity index (χ2v) is 7.80. The second kappa shape index (κ2) is 6.25. The number of halogens is 2. The summed E-state index contributed by atoms with van der Waals surface area (Å²) in [5.74, 6) is -0.701. The number of aryl methyl sites for hydroxylation is 1. The van der Waals surface area contributed by atoms with Gasteiger partial charge in [-0.15, -0.1) is 10.2 Å². The quantitative estimate of drug-likeness (QED) is 0.832. The highest BCUT2D eigenvalue weighted by atomic mass is 35.5. The Morgan fingerprint density at radius 3 is 2.52 bits per heavy atom. The second-order valence-electron chi connectivity index (χ2n) is 4.31. The van der Waals surface area contributed by atoms with Crippen molar-refractivity contribution in [2.45, 2.75) is 19.9 Å². The molecule has 2 rings (SSSR count). The third-order valence-electron chi connectivity index (χ3n) is 2.67. The number of benzene rings is 1. The molecule has 21 heavy (non-hydrogen) atoms. The number of rotatable bonds is 5. The molecule has 0 spiro atoms. The van der Waals surface area contributed by atoms with Crippen molar-refractivity contribution in [3.05, 3.63) is 39.1 Å². The highest BCUT2D eigenvalue weighted by Gasteiger charge is 2.23. The standard InChI is InChI=1S/C12H13ClFN3O2S2/c1-3-11-15-16-12(20-11)7-17(21(2,18)19)10-5-4-8(13)6-9(10)14/h4-6H,3,7H2,1-2H3. The summed E-state index contributed by atoms with van der Waals surface area (Å²) in [6.07, 6.45) is 1.73. The molecule has 0 amide bonds. The summed E-state index contributed by atoms with van der Waals surface area (Å²) in [5.41, 5.74) is -0.0600. The van der Waals surface area contributed by atoms with E-state index in [1.807, 2.05) is 6.92 Å². The van der Waals surface area contributed by atoms with Crippen LogP contribution in [0, 0.1) is 5.82 Å². The maximum Gasteiger partial charge on any atom is 0.232 e. The Hall–Kier alpha value is -1.25. The molecule has 0 radical (unpaired) electrons. The molecule has 2 aromatic rings. The Kier molecular flexibility index (Phi) is 4.80. The molecule has 0 aliphatic rings. The third kappa shape index (κ3) is 3.90. The average molecular weight is 350 g/mol. The van der Waals surface area contributed by atoms with E-state index in [-0.39, 0.29) is 17.3 Å². The number of hydrogen-bond donors (Lipinski definition) is 0. The lowest BCUT2D eigenvalue weighted by Crippen LogP contribution is -2.30. The Labute approximate surface area is 131 Å². The van der Waals surface area contributed by atoms with Crippen molar-refractivity contribution in [1.82, 2.24) is 10.2 Å². The molecule has 0 bridgehead atoms. The topological polar surface area (TPSA) is 63.2 Å². The first-order valence-electron chi connectivity index (χ1n) is 6.05. The maximum absolute atomic E-state index is 14.0. The van der Waals surface area contributed by atoms with Crippen LogP contribution in [0.2, 0.25) is 5.02 Å². The summed E-state index contributed by atoms with van der Waals surface area (Å²) in [6, 6.07) is 3.85. The zero-order valence-corrected chi connectivity index (χ0v) is 13.8. The summed E-state index contributed by atoms with van der Waals surface area (Å²) in [7, 11) is -3.66. The van der Waals surface area contributed by atoms with E-state index in [1.165, 1.54) is 23.5 Å².